The van der Waals surface area contributed by atoms with Crippen molar-refractivity contribution in [3.05, 3.63) is 52.5 Å². The molecule has 5 heteroatoms. The maximum atomic E-state index is 12.1. The number of benzene rings is 2. The summed E-state index contributed by atoms with van der Waals surface area (Å²) in [6.07, 6.45) is 0. The number of hydrogen-bond acceptors (Lipinski definition) is 3. The van der Waals surface area contributed by atoms with Crippen molar-refractivity contribution in [3.63, 3.8) is 0 Å². The van der Waals surface area contributed by atoms with E-state index in [0.717, 1.165) is 5.56 Å². The van der Waals surface area contributed by atoms with Crippen molar-refractivity contribution in [2.45, 2.75) is 6.92 Å². The van der Waals surface area contributed by atoms with Gasteiger partial charge >= 0.3 is 0 Å². The summed E-state index contributed by atoms with van der Waals surface area (Å²) >= 11 is 5.95. The average molecular weight is 277 g/mol. The molecular weight excluding hydrogens is 264 g/mol. The lowest BCUT2D eigenvalue weighted by Gasteiger charge is -2.08. The number of rotatable bonds is 2. The van der Waals surface area contributed by atoms with Crippen LogP contribution >= 0.6 is 11.6 Å². The van der Waals surface area contributed by atoms with Crippen LogP contribution in [-0.2, 0) is 0 Å². The van der Waals surface area contributed by atoms with E-state index in [9.17, 15) is 9.90 Å². The van der Waals surface area contributed by atoms with E-state index in [0.29, 0.717) is 22.0 Å². The van der Waals surface area contributed by atoms with Crippen molar-refractivity contribution in [3.8, 4) is 5.75 Å². The van der Waals surface area contributed by atoms with Gasteiger partial charge in [-0.3, -0.25) is 4.79 Å². The molecule has 4 N–H and O–H groups in total. The van der Waals surface area contributed by atoms with Crippen LogP contribution in [0.2, 0.25) is 5.02 Å². The van der Waals surface area contributed by atoms with Crippen LogP contribution in [0.15, 0.2) is 36.4 Å². The zero-order chi connectivity index (χ0) is 14.0. The first-order valence-corrected chi connectivity index (χ1v) is 6.01. The van der Waals surface area contributed by atoms with E-state index in [2.05, 4.69) is 5.32 Å². The molecular formula is C14H13ClN2O2. The third kappa shape index (κ3) is 2.98. The number of nitrogen functional groups attached to an aromatic ring is 1. The molecule has 1 amide bonds. The smallest absolute Gasteiger partial charge is 0.257 e. The molecule has 19 heavy (non-hydrogen) atoms. The van der Waals surface area contributed by atoms with Crippen molar-refractivity contribution in [2.24, 2.45) is 0 Å². The van der Waals surface area contributed by atoms with Gasteiger partial charge in [-0.1, -0.05) is 17.7 Å². The summed E-state index contributed by atoms with van der Waals surface area (Å²) < 4.78 is 0. The van der Waals surface area contributed by atoms with Crippen molar-refractivity contribution in [2.75, 3.05) is 11.1 Å². The summed E-state index contributed by atoms with van der Waals surface area (Å²) in [6.45, 7) is 1.77. The fourth-order valence-corrected chi connectivity index (χ4v) is 1.81. The van der Waals surface area contributed by atoms with Crippen LogP contribution in [0.5, 0.6) is 5.75 Å². The van der Waals surface area contributed by atoms with Gasteiger partial charge in [-0.25, -0.2) is 0 Å². The predicted octanol–water partition coefficient (Wildman–Crippen LogP) is 3.19. The largest absolute Gasteiger partial charge is 0.508 e. The summed E-state index contributed by atoms with van der Waals surface area (Å²) in [4.78, 5) is 12.1. The molecule has 0 aromatic heterocycles. The molecule has 98 valence electrons. The van der Waals surface area contributed by atoms with Crippen molar-refractivity contribution in [1.29, 1.82) is 0 Å². The topological polar surface area (TPSA) is 75.4 Å². The van der Waals surface area contributed by atoms with Gasteiger partial charge in [0.1, 0.15) is 5.75 Å². The van der Waals surface area contributed by atoms with Crippen molar-refractivity contribution >= 4 is 28.9 Å². The van der Waals surface area contributed by atoms with Gasteiger partial charge in [0.25, 0.3) is 5.91 Å². The Bertz CT molecular complexity index is 641. The number of halogens is 1. The maximum absolute atomic E-state index is 12.1. The third-order valence-electron chi connectivity index (χ3n) is 2.70. The van der Waals surface area contributed by atoms with E-state index in [4.69, 9.17) is 17.3 Å². The van der Waals surface area contributed by atoms with E-state index in [1.165, 1.54) is 12.1 Å². The van der Waals surface area contributed by atoms with E-state index >= 15 is 0 Å². The molecule has 0 radical (unpaired) electrons. The summed E-state index contributed by atoms with van der Waals surface area (Å²) in [6, 6.07) is 9.59. The van der Waals surface area contributed by atoms with Crippen LogP contribution in [0, 0.1) is 6.92 Å². The Kier molecular flexibility index (Phi) is 3.62. The van der Waals surface area contributed by atoms with Gasteiger partial charge < -0.3 is 16.2 Å². The Morgan fingerprint density at radius 3 is 2.68 bits per heavy atom. The average Bonchev–Trinajstić information content (AvgIpc) is 2.36. The Labute approximate surface area is 115 Å². The lowest BCUT2D eigenvalue weighted by molar-refractivity contribution is 0.102. The van der Waals surface area contributed by atoms with Crippen LogP contribution in [-0.4, -0.2) is 11.0 Å². The summed E-state index contributed by atoms with van der Waals surface area (Å²) in [5.74, 6) is -0.253. The first kappa shape index (κ1) is 13.2. The number of carbonyl (C=O) groups excluding carboxylic acids is 1. The number of nitrogens with one attached hydrogen (secondary N) is 1. The first-order chi connectivity index (χ1) is 8.97. The molecule has 2 aromatic rings. The molecule has 4 nitrogen and oxygen atoms in total. The Morgan fingerprint density at radius 2 is 2.00 bits per heavy atom. The molecule has 0 aliphatic rings. The second-order valence-electron chi connectivity index (χ2n) is 4.19. The number of nitrogens with two attached hydrogens (primary N) is 1. The molecule has 0 unspecified atom stereocenters. The molecule has 0 atom stereocenters. The second kappa shape index (κ2) is 5.20. The van der Waals surface area contributed by atoms with Gasteiger partial charge in [-0.15, -0.1) is 0 Å². The molecule has 0 aliphatic heterocycles. The fraction of sp³-hybridized carbons (Fsp3) is 0.0714. The van der Waals surface area contributed by atoms with Crippen molar-refractivity contribution < 1.29 is 9.90 Å². The number of amides is 1. The molecule has 0 aliphatic carbocycles. The van der Waals surface area contributed by atoms with Crippen LogP contribution in [0.1, 0.15) is 15.9 Å². The quantitative estimate of drug-likeness (QED) is 0.737. The molecule has 0 spiro atoms. The second-order valence-corrected chi connectivity index (χ2v) is 4.60. The third-order valence-corrected chi connectivity index (χ3v) is 3.03. The number of phenolic OH excluding ortho intramolecular Hbond substituents is 1. The molecule has 0 fully saturated rings. The molecule has 0 saturated heterocycles. The van der Waals surface area contributed by atoms with Crippen molar-refractivity contribution in [1.82, 2.24) is 0 Å². The van der Waals surface area contributed by atoms with E-state index in [1.54, 1.807) is 31.2 Å². The minimum atomic E-state index is -0.374. The highest BCUT2D eigenvalue weighted by Gasteiger charge is 2.11. The monoisotopic (exact) mass is 276 g/mol. The zero-order valence-corrected chi connectivity index (χ0v) is 11.0. The van der Waals surface area contributed by atoms with E-state index in [1.807, 2.05) is 0 Å². The SMILES string of the molecule is Cc1ccc(NC(=O)c2cc(N)ccc2Cl)cc1O. The number of hydrogen-bond donors (Lipinski definition) is 3. The van der Waals surface area contributed by atoms with Crippen LogP contribution in [0.3, 0.4) is 0 Å². The Hall–Kier alpha value is -2.20. The van der Waals surface area contributed by atoms with Gasteiger partial charge in [0.05, 0.1) is 10.6 Å². The minimum Gasteiger partial charge on any atom is -0.508 e. The normalized spacial score (nSPS) is 10.2. The summed E-state index contributed by atoms with van der Waals surface area (Å²) in [5, 5.41) is 12.6. The minimum absolute atomic E-state index is 0.122. The van der Waals surface area contributed by atoms with Gasteiger partial charge in [-0.05, 0) is 36.8 Å². The summed E-state index contributed by atoms with van der Waals surface area (Å²) in [7, 11) is 0. The number of aryl methyl sites for hydroxylation is 1. The predicted molar refractivity (Wildman–Crippen MR) is 76.7 cm³/mol. The van der Waals surface area contributed by atoms with Gasteiger partial charge in [0.15, 0.2) is 0 Å². The molecule has 2 rings (SSSR count). The van der Waals surface area contributed by atoms with Crippen LogP contribution < -0.4 is 11.1 Å². The fourth-order valence-electron chi connectivity index (χ4n) is 1.60. The molecule has 0 bridgehead atoms. The lowest BCUT2D eigenvalue weighted by atomic mass is 10.1. The highest BCUT2D eigenvalue weighted by Crippen LogP contribution is 2.23. The van der Waals surface area contributed by atoms with Gasteiger partial charge in [0, 0.05) is 17.4 Å². The highest BCUT2D eigenvalue weighted by molar-refractivity contribution is 6.34. The van der Waals surface area contributed by atoms with E-state index in [-0.39, 0.29) is 11.7 Å². The molecule has 0 heterocycles. The lowest BCUT2D eigenvalue weighted by Crippen LogP contribution is -2.12. The number of carbonyl (C=O) groups is 1. The Morgan fingerprint density at radius 1 is 1.26 bits per heavy atom. The van der Waals surface area contributed by atoms with Gasteiger partial charge in [-0.2, -0.15) is 0 Å². The number of anilines is 2. The van der Waals surface area contributed by atoms with Gasteiger partial charge in [0.2, 0.25) is 0 Å². The van der Waals surface area contributed by atoms with Crippen LogP contribution in [0.25, 0.3) is 0 Å². The molecule has 0 saturated carbocycles. The highest BCUT2D eigenvalue weighted by atomic mass is 35.5. The standard InChI is InChI=1S/C14H13ClN2O2/c1-8-2-4-10(7-13(8)18)17-14(19)11-6-9(16)3-5-12(11)15/h2-7,18H,16H2,1H3,(H,17,19). The summed E-state index contributed by atoms with van der Waals surface area (Å²) in [5.41, 5.74) is 7.61. The Balaban J connectivity index is 2.25. The number of phenols is 1. The number of aromatic hydroxyl groups is 1. The molecule has 2 aromatic carbocycles. The van der Waals surface area contributed by atoms with Crippen LogP contribution in [0.4, 0.5) is 11.4 Å². The van der Waals surface area contributed by atoms with E-state index < -0.39 is 0 Å². The zero-order valence-electron chi connectivity index (χ0n) is 10.3. The first-order valence-electron chi connectivity index (χ1n) is 5.63. The maximum Gasteiger partial charge on any atom is 0.257 e.